The van der Waals surface area contributed by atoms with E-state index in [1.54, 1.807) is 30.3 Å². The number of azo groups is 1. The largest absolute Gasteiger partial charge is 0.491 e. The topological polar surface area (TPSA) is 131 Å². The van der Waals surface area contributed by atoms with Crippen LogP contribution in [-0.2, 0) is 4.57 Å². The van der Waals surface area contributed by atoms with Gasteiger partial charge in [0.15, 0.2) is 0 Å². The van der Waals surface area contributed by atoms with E-state index in [0.29, 0.717) is 39.9 Å². The van der Waals surface area contributed by atoms with E-state index >= 15 is 0 Å². The molecular weight excluding hydrogens is 665 g/mol. The quantitative estimate of drug-likeness (QED) is 0.0591. The lowest BCUT2D eigenvalue weighted by molar-refractivity contribution is 0.233. The zero-order valence-corrected chi connectivity index (χ0v) is 31.0. The molecule has 2 aromatic carbocycles. The fraction of sp³-hybridized carbons (Fsp3) is 0.629. The van der Waals surface area contributed by atoms with E-state index in [0.717, 1.165) is 95.8 Å². The normalized spacial score (nSPS) is 13.0. The Hall–Kier alpha value is -2.44. The molecule has 2 unspecified atom stereocenters. The van der Waals surface area contributed by atoms with Gasteiger partial charge in [0, 0.05) is 23.6 Å². The minimum absolute atomic E-state index is 0.183. The summed E-state index contributed by atoms with van der Waals surface area (Å²) in [6.07, 6.45) is 13.3. The van der Waals surface area contributed by atoms with Gasteiger partial charge in [-0.3, -0.25) is 5.09 Å². The van der Waals surface area contributed by atoms with Crippen LogP contribution in [0.25, 0.3) is 0 Å². The van der Waals surface area contributed by atoms with Crippen LogP contribution >= 0.6 is 23.7 Å². The molecule has 0 radical (unpaired) electrons. The molecule has 0 spiro atoms. The van der Waals surface area contributed by atoms with Gasteiger partial charge in [-0.05, 0) is 71.3 Å². The van der Waals surface area contributed by atoms with E-state index in [2.05, 4.69) is 76.8 Å². The number of nitrogens with zero attached hydrogens (tertiary/aromatic N) is 4. The zero-order chi connectivity index (χ0) is 34.0. The maximum absolute atomic E-state index is 12.3. The van der Waals surface area contributed by atoms with E-state index < -0.39 is 7.75 Å². The molecule has 9 nitrogen and oxygen atoms in total. The summed E-state index contributed by atoms with van der Waals surface area (Å²) in [5.41, 5.74) is 2.21. The van der Waals surface area contributed by atoms with Crippen molar-refractivity contribution >= 4 is 46.4 Å². The number of benzene rings is 2. The molecule has 2 rings (SSSR count). The molecule has 0 bridgehead atoms. The van der Waals surface area contributed by atoms with Gasteiger partial charge < -0.3 is 19.4 Å². The van der Waals surface area contributed by atoms with Crippen LogP contribution in [0.4, 0.5) is 22.7 Å². The highest BCUT2D eigenvalue weighted by molar-refractivity contribution is 9.10. The predicted molar refractivity (Wildman–Crippen MR) is 194 cm³/mol. The lowest BCUT2D eigenvalue weighted by atomic mass is 9.98. The van der Waals surface area contributed by atoms with E-state index in [-0.39, 0.29) is 11.4 Å². The van der Waals surface area contributed by atoms with Gasteiger partial charge >= 0.3 is 7.75 Å². The van der Waals surface area contributed by atoms with Crippen molar-refractivity contribution in [3.8, 4) is 11.8 Å². The molecule has 0 saturated carbocycles. The van der Waals surface area contributed by atoms with Gasteiger partial charge in [0.2, 0.25) is 0 Å². The monoisotopic (exact) mass is 719 g/mol. The van der Waals surface area contributed by atoms with Crippen molar-refractivity contribution in [1.82, 2.24) is 0 Å². The van der Waals surface area contributed by atoms with Crippen LogP contribution in [0.2, 0.25) is 0 Å². The number of halogens is 1. The third kappa shape index (κ3) is 14.1. The van der Waals surface area contributed by atoms with Crippen LogP contribution in [0.5, 0.6) is 5.75 Å². The standard InChI is InChI=1S/C35H55BrN5O4P/c1-6-11-14-15-20-41(25-27(9-4)16-12-7-2)34-22-33(40-46(42,43)44)32(23-35(34)45-26-28(10-5)17-13-8-3)39-38-31-19-18-29(24-37)21-30(31)36/h18-19,21-23,27-28H,6-17,20,25-26H2,1-5H3,(H3,40,42,43,44)/b39-38+. The second-order valence-electron chi connectivity index (χ2n) is 12.1. The number of ether oxygens (including phenoxy) is 1. The smallest absolute Gasteiger partial charge is 0.427 e. The van der Waals surface area contributed by atoms with E-state index in [1.165, 1.54) is 0 Å². The summed E-state index contributed by atoms with van der Waals surface area (Å²) in [6, 6.07) is 10.6. The first-order valence-corrected chi connectivity index (χ1v) is 19.5. The number of unbranched alkanes of at least 4 members (excludes halogenated alkanes) is 5. The molecule has 0 aliphatic carbocycles. The van der Waals surface area contributed by atoms with Crippen molar-refractivity contribution in [2.75, 3.05) is 29.7 Å². The van der Waals surface area contributed by atoms with E-state index in [4.69, 9.17) is 4.74 Å². The van der Waals surface area contributed by atoms with Crippen molar-refractivity contribution in [2.45, 2.75) is 112 Å². The highest BCUT2D eigenvalue weighted by Gasteiger charge is 2.23. The Bertz CT molecular complexity index is 1310. The molecule has 46 heavy (non-hydrogen) atoms. The second-order valence-corrected chi connectivity index (χ2v) is 14.3. The summed E-state index contributed by atoms with van der Waals surface area (Å²) in [7, 11) is -4.68. The van der Waals surface area contributed by atoms with Crippen LogP contribution in [-0.4, -0.2) is 29.5 Å². The fourth-order valence-corrected chi connectivity index (χ4v) is 6.34. The minimum Gasteiger partial charge on any atom is -0.491 e. The van der Waals surface area contributed by atoms with Crippen molar-refractivity contribution in [1.29, 1.82) is 5.26 Å². The molecule has 0 amide bonds. The van der Waals surface area contributed by atoms with Gasteiger partial charge in [0.1, 0.15) is 11.4 Å². The maximum Gasteiger partial charge on any atom is 0.427 e. The number of rotatable bonds is 23. The van der Waals surface area contributed by atoms with E-state index in [9.17, 15) is 19.6 Å². The number of anilines is 2. The minimum atomic E-state index is -4.68. The molecule has 11 heteroatoms. The Labute approximate surface area is 285 Å². The van der Waals surface area contributed by atoms with Crippen molar-refractivity contribution in [2.24, 2.45) is 22.1 Å². The van der Waals surface area contributed by atoms with Gasteiger partial charge in [0.05, 0.1) is 35.3 Å². The van der Waals surface area contributed by atoms with Gasteiger partial charge in [-0.1, -0.05) is 92.4 Å². The highest BCUT2D eigenvalue weighted by Crippen LogP contribution is 2.46. The zero-order valence-electron chi connectivity index (χ0n) is 28.5. The third-order valence-electron chi connectivity index (χ3n) is 8.35. The van der Waals surface area contributed by atoms with E-state index in [1.807, 2.05) is 0 Å². The molecular formula is C35H55BrN5O4P. The van der Waals surface area contributed by atoms with Crippen molar-refractivity contribution in [3.05, 3.63) is 40.4 Å². The molecule has 0 aliphatic heterocycles. The molecule has 2 atom stereocenters. The van der Waals surface area contributed by atoms with Crippen molar-refractivity contribution < 1.29 is 19.1 Å². The SMILES string of the molecule is CCCCCCN(CC(CC)CCCC)c1cc(NP(=O)(O)O)c(/N=N/c2ccc(C#N)cc2Br)cc1OCC(CC)CCCC. The van der Waals surface area contributed by atoms with Crippen LogP contribution in [0, 0.1) is 23.2 Å². The number of hydrogen-bond donors (Lipinski definition) is 3. The Morgan fingerprint density at radius 3 is 2.15 bits per heavy atom. The number of nitriles is 1. The summed E-state index contributed by atoms with van der Waals surface area (Å²) >= 11 is 3.45. The average molecular weight is 721 g/mol. The summed E-state index contributed by atoms with van der Waals surface area (Å²) < 4.78 is 19.5. The Kier molecular flexibility index (Phi) is 18.5. The predicted octanol–water partition coefficient (Wildman–Crippen LogP) is 11.4. The molecule has 0 heterocycles. The summed E-state index contributed by atoms with van der Waals surface area (Å²) in [5.74, 6) is 1.52. The third-order valence-corrected chi connectivity index (χ3v) is 9.51. The molecule has 256 valence electrons. The van der Waals surface area contributed by atoms with Gasteiger partial charge in [-0.15, -0.1) is 10.2 Å². The van der Waals surface area contributed by atoms with Crippen LogP contribution in [0.1, 0.15) is 117 Å². The molecule has 0 aliphatic rings. The molecule has 0 saturated heterocycles. The van der Waals surface area contributed by atoms with Crippen LogP contribution < -0.4 is 14.7 Å². The first-order valence-electron chi connectivity index (χ1n) is 17.1. The fourth-order valence-electron chi connectivity index (χ4n) is 5.39. The second kappa shape index (κ2) is 21.4. The van der Waals surface area contributed by atoms with Crippen LogP contribution in [0.3, 0.4) is 0 Å². The first kappa shape index (κ1) is 39.7. The molecule has 0 fully saturated rings. The lowest BCUT2D eigenvalue weighted by Crippen LogP contribution is -2.31. The van der Waals surface area contributed by atoms with Gasteiger partial charge in [0.25, 0.3) is 0 Å². The van der Waals surface area contributed by atoms with Crippen molar-refractivity contribution in [3.63, 3.8) is 0 Å². The summed E-state index contributed by atoms with van der Waals surface area (Å²) in [5, 5.41) is 20.5. The van der Waals surface area contributed by atoms with Gasteiger partial charge in [-0.25, -0.2) is 4.57 Å². The number of hydrogen-bond acceptors (Lipinski definition) is 6. The maximum atomic E-state index is 12.3. The van der Waals surface area contributed by atoms with Gasteiger partial charge in [-0.2, -0.15) is 5.26 Å². The highest BCUT2D eigenvalue weighted by atomic mass is 79.9. The average Bonchev–Trinajstić information content (AvgIpc) is 3.03. The number of nitrogens with one attached hydrogen (secondary N) is 1. The van der Waals surface area contributed by atoms with Crippen LogP contribution in [0.15, 0.2) is 45.0 Å². The Morgan fingerprint density at radius 1 is 0.913 bits per heavy atom. The Balaban J connectivity index is 2.69. The molecule has 2 aromatic rings. The Morgan fingerprint density at radius 2 is 1.57 bits per heavy atom. The lowest BCUT2D eigenvalue weighted by Gasteiger charge is -2.32. The molecule has 0 aromatic heterocycles. The summed E-state index contributed by atoms with van der Waals surface area (Å²) in [4.78, 5) is 22.3. The summed E-state index contributed by atoms with van der Waals surface area (Å²) in [6.45, 7) is 13.2. The molecule has 3 N–H and O–H groups in total. The first-order chi connectivity index (χ1) is 22.1.